The van der Waals surface area contributed by atoms with E-state index in [1.54, 1.807) is 23.4 Å². The molecule has 12 heteroatoms. The van der Waals surface area contributed by atoms with Gasteiger partial charge in [-0.1, -0.05) is 60.7 Å². The molecule has 4 aliphatic rings. The molecular weight excluding hydrogens is 781 g/mol. The fourth-order valence-electron chi connectivity index (χ4n) is 9.38. The SMILES string of the molecule is COc1nc2cc(N3CCOCC3)ccc2n1C(=O)CCC1CC1Cc1ccccc1.COc1nc2ccc(N3CCOCC3)cc2n1C(=O)CCC1CC1Cc1ccccc1. The van der Waals surface area contributed by atoms with Crippen LogP contribution in [0.4, 0.5) is 11.4 Å². The second-order valence-electron chi connectivity index (χ2n) is 17.2. The molecule has 6 aromatic rings. The first-order valence-electron chi connectivity index (χ1n) is 22.4. The molecule has 4 unspecified atom stereocenters. The van der Waals surface area contributed by atoms with Crippen molar-refractivity contribution >= 4 is 45.3 Å². The number of imidazole rings is 2. The van der Waals surface area contributed by atoms with Crippen molar-refractivity contribution in [1.29, 1.82) is 0 Å². The van der Waals surface area contributed by atoms with Crippen molar-refractivity contribution in [1.82, 2.24) is 19.1 Å². The minimum absolute atomic E-state index is 0.0591. The molecular formula is C50H58N6O6. The lowest BCUT2D eigenvalue weighted by Crippen LogP contribution is -2.36. The fourth-order valence-corrected chi connectivity index (χ4v) is 9.38. The average molecular weight is 839 g/mol. The molecule has 0 bridgehead atoms. The monoisotopic (exact) mass is 838 g/mol. The number of aromatic nitrogens is 4. The summed E-state index contributed by atoms with van der Waals surface area (Å²) in [5, 5.41) is 0. The number of methoxy groups -OCH3 is 2. The molecule has 10 rings (SSSR count). The van der Waals surface area contributed by atoms with Crippen molar-refractivity contribution in [3.8, 4) is 12.0 Å². The smallest absolute Gasteiger partial charge is 0.304 e. The number of ether oxygens (including phenoxy) is 4. The maximum Gasteiger partial charge on any atom is 0.304 e. The molecule has 4 atom stereocenters. The predicted molar refractivity (Wildman–Crippen MR) is 242 cm³/mol. The van der Waals surface area contributed by atoms with Crippen molar-refractivity contribution < 1.29 is 28.5 Å². The Morgan fingerprint density at radius 1 is 0.565 bits per heavy atom. The van der Waals surface area contributed by atoms with Gasteiger partial charge in [-0.25, -0.2) is 9.13 Å². The molecule has 4 aromatic carbocycles. The van der Waals surface area contributed by atoms with Gasteiger partial charge in [-0.05, 0) is 110 Å². The van der Waals surface area contributed by atoms with Gasteiger partial charge >= 0.3 is 12.0 Å². The first kappa shape index (κ1) is 41.6. The Morgan fingerprint density at radius 3 is 1.55 bits per heavy atom. The molecule has 0 spiro atoms. The third-order valence-corrected chi connectivity index (χ3v) is 13.1. The Balaban J connectivity index is 0.000000158. The zero-order chi connectivity index (χ0) is 42.4. The summed E-state index contributed by atoms with van der Waals surface area (Å²) in [6.07, 6.45) is 7.52. The van der Waals surface area contributed by atoms with E-state index in [-0.39, 0.29) is 11.8 Å². The Bertz CT molecular complexity index is 2450. The molecule has 2 aromatic heterocycles. The highest BCUT2D eigenvalue weighted by Crippen LogP contribution is 2.45. The van der Waals surface area contributed by atoms with Gasteiger partial charge in [0.2, 0.25) is 11.8 Å². The minimum Gasteiger partial charge on any atom is -0.468 e. The van der Waals surface area contributed by atoms with Crippen LogP contribution in [0.15, 0.2) is 97.1 Å². The van der Waals surface area contributed by atoms with Crippen LogP contribution < -0.4 is 19.3 Å². The summed E-state index contributed by atoms with van der Waals surface area (Å²) in [6.45, 7) is 6.38. The number of benzene rings is 4. The van der Waals surface area contributed by atoms with Gasteiger partial charge in [0.25, 0.3) is 0 Å². The van der Waals surface area contributed by atoms with Crippen LogP contribution in [0, 0.1) is 23.7 Å². The second kappa shape index (κ2) is 19.1. The number of hydrogen-bond donors (Lipinski definition) is 0. The Hall–Kier alpha value is -5.72. The molecule has 2 aliphatic carbocycles. The van der Waals surface area contributed by atoms with Gasteiger partial charge in [-0.3, -0.25) is 9.59 Å². The number of hydrogen-bond acceptors (Lipinski definition) is 10. The molecule has 2 aliphatic heterocycles. The molecule has 4 heterocycles. The maximum absolute atomic E-state index is 13.2. The van der Waals surface area contributed by atoms with Crippen LogP contribution in [-0.2, 0) is 22.3 Å². The average Bonchev–Trinajstić information content (AvgIpc) is 4.17. The van der Waals surface area contributed by atoms with E-state index in [9.17, 15) is 9.59 Å². The highest BCUT2D eigenvalue weighted by atomic mass is 16.5. The van der Waals surface area contributed by atoms with Crippen molar-refractivity contribution in [2.24, 2.45) is 23.7 Å². The number of anilines is 2. The normalized spacial score (nSPS) is 20.7. The number of morpholine rings is 2. The van der Waals surface area contributed by atoms with Crippen molar-refractivity contribution in [2.45, 2.75) is 51.4 Å². The zero-order valence-corrected chi connectivity index (χ0v) is 36.0. The molecule has 2 saturated heterocycles. The lowest BCUT2D eigenvalue weighted by molar-refractivity contribution is 0.0882. The number of nitrogens with zero attached hydrogens (tertiary/aromatic N) is 6. The largest absolute Gasteiger partial charge is 0.468 e. The standard InChI is InChI=1S/2C25H29N3O3/c1-30-25-26-22-17-21(27-11-13-31-14-12-27)8-9-23(22)28(25)24(29)10-7-19-16-20(19)15-18-5-3-2-4-6-18;1-30-25-26-22-9-8-21(27-11-13-31-14-12-27)17-23(22)28(25)24(29)10-7-19-16-20(19)15-18-5-3-2-4-6-18/h2*2-6,8-9,17,19-20H,7,10-16H2,1H3. The summed E-state index contributed by atoms with van der Waals surface area (Å²) in [6, 6.07) is 34.2. The van der Waals surface area contributed by atoms with Crippen LogP contribution in [0.2, 0.25) is 0 Å². The molecule has 4 fully saturated rings. The molecule has 12 nitrogen and oxygen atoms in total. The lowest BCUT2D eigenvalue weighted by atomic mass is 10.1. The van der Waals surface area contributed by atoms with Crippen molar-refractivity contribution in [3.05, 3.63) is 108 Å². The van der Waals surface area contributed by atoms with Crippen LogP contribution in [0.5, 0.6) is 12.0 Å². The van der Waals surface area contributed by atoms with Gasteiger partial charge in [0.1, 0.15) is 0 Å². The molecule has 0 radical (unpaired) electrons. The van der Waals surface area contributed by atoms with E-state index < -0.39 is 0 Å². The summed E-state index contributed by atoms with van der Waals surface area (Å²) >= 11 is 0. The van der Waals surface area contributed by atoms with E-state index in [0.717, 1.165) is 112 Å². The fraction of sp³-hybridized carbons (Fsp3) is 0.440. The van der Waals surface area contributed by atoms with Crippen molar-refractivity contribution in [3.63, 3.8) is 0 Å². The van der Waals surface area contributed by atoms with Crippen LogP contribution in [0.25, 0.3) is 22.1 Å². The Kier molecular flexibility index (Phi) is 12.8. The quantitative estimate of drug-likeness (QED) is 0.106. The zero-order valence-electron chi connectivity index (χ0n) is 36.0. The summed E-state index contributed by atoms with van der Waals surface area (Å²) in [4.78, 5) is 40.0. The van der Waals surface area contributed by atoms with E-state index >= 15 is 0 Å². The second-order valence-corrected chi connectivity index (χ2v) is 17.2. The summed E-state index contributed by atoms with van der Waals surface area (Å²) in [5.74, 6) is 2.79. The number of fused-ring (bicyclic) bond motifs is 2. The van der Waals surface area contributed by atoms with Crippen LogP contribution >= 0.6 is 0 Å². The van der Waals surface area contributed by atoms with Gasteiger partial charge in [0, 0.05) is 50.4 Å². The van der Waals surface area contributed by atoms with Crippen molar-refractivity contribution in [2.75, 3.05) is 76.6 Å². The number of carbonyl (C=O) groups is 2. The van der Waals surface area contributed by atoms with E-state index in [1.165, 1.54) is 24.0 Å². The van der Waals surface area contributed by atoms with Gasteiger partial charge in [0.15, 0.2) is 0 Å². The number of rotatable bonds is 14. The predicted octanol–water partition coefficient (Wildman–Crippen LogP) is 8.36. The molecule has 62 heavy (non-hydrogen) atoms. The van der Waals surface area contributed by atoms with E-state index in [1.807, 2.05) is 18.2 Å². The summed E-state index contributed by atoms with van der Waals surface area (Å²) in [5.41, 5.74) is 8.20. The third kappa shape index (κ3) is 9.66. The molecule has 0 amide bonds. The van der Waals surface area contributed by atoms with Gasteiger partial charge in [-0.2, -0.15) is 9.97 Å². The summed E-state index contributed by atoms with van der Waals surface area (Å²) in [7, 11) is 3.15. The topological polar surface area (TPSA) is 113 Å². The minimum atomic E-state index is 0.0591. The van der Waals surface area contributed by atoms with E-state index in [2.05, 4.69) is 98.6 Å². The highest BCUT2D eigenvalue weighted by Gasteiger charge is 2.38. The van der Waals surface area contributed by atoms with Crippen LogP contribution in [0.3, 0.4) is 0 Å². The highest BCUT2D eigenvalue weighted by molar-refractivity contribution is 5.94. The van der Waals surface area contributed by atoms with Crippen LogP contribution in [-0.4, -0.2) is 97.7 Å². The molecule has 2 saturated carbocycles. The first-order chi connectivity index (χ1) is 30.4. The Labute approximate surface area is 363 Å². The van der Waals surface area contributed by atoms with Gasteiger partial charge in [-0.15, -0.1) is 0 Å². The Morgan fingerprint density at radius 2 is 1.03 bits per heavy atom. The summed E-state index contributed by atoms with van der Waals surface area (Å²) < 4.78 is 25.1. The van der Waals surface area contributed by atoms with Gasteiger partial charge in [0.05, 0.1) is 62.7 Å². The maximum atomic E-state index is 13.2. The van der Waals surface area contributed by atoms with E-state index in [0.29, 0.717) is 48.5 Å². The van der Waals surface area contributed by atoms with Crippen LogP contribution in [0.1, 0.15) is 59.2 Å². The number of carbonyl (C=O) groups excluding carboxylic acids is 2. The first-order valence-corrected chi connectivity index (χ1v) is 22.4. The lowest BCUT2D eigenvalue weighted by Gasteiger charge is -2.28. The van der Waals surface area contributed by atoms with Gasteiger partial charge < -0.3 is 28.7 Å². The third-order valence-electron chi connectivity index (χ3n) is 13.1. The molecule has 0 N–H and O–H groups in total. The molecule has 324 valence electrons. The van der Waals surface area contributed by atoms with E-state index in [4.69, 9.17) is 18.9 Å².